The van der Waals surface area contributed by atoms with Gasteiger partial charge < -0.3 is 19.9 Å². The van der Waals surface area contributed by atoms with Crippen molar-refractivity contribution in [1.29, 1.82) is 0 Å². The van der Waals surface area contributed by atoms with Crippen LogP contribution >= 0.6 is 0 Å². The Morgan fingerprint density at radius 2 is 2.24 bits per heavy atom. The van der Waals surface area contributed by atoms with Gasteiger partial charge in [0.1, 0.15) is 17.7 Å². The topological polar surface area (TPSA) is 94.0 Å². The highest BCUT2D eigenvalue weighted by molar-refractivity contribution is 5.92. The molecule has 2 N–H and O–H groups in total. The Morgan fingerprint density at radius 1 is 1.36 bits per heavy atom. The van der Waals surface area contributed by atoms with Crippen molar-refractivity contribution < 1.29 is 9.53 Å². The van der Waals surface area contributed by atoms with Crippen LogP contribution in [-0.2, 0) is 11.3 Å². The first kappa shape index (κ1) is 17.3. The molecule has 0 aromatic carbocycles. The van der Waals surface area contributed by atoms with E-state index in [1.54, 1.807) is 12.1 Å². The Kier molecular flexibility index (Phi) is 5.60. The van der Waals surface area contributed by atoms with Crippen molar-refractivity contribution in [2.24, 2.45) is 5.92 Å². The van der Waals surface area contributed by atoms with Gasteiger partial charge in [0.05, 0.1) is 0 Å². The molecule has 1 aliphatic rings. The summed E-state index contributed by atoms with van der Waals surface area (Å²) in [5.74, 6) is 1.73. The number of aromatic nitrogens is 4. The normalized spacial score (nSPS) is 19.8. The van der Waals surface area contributed by atoms with E-state index in [1.165, 1.54) is 0 Å². The molecule has 8 heteroatoms. The number of anilines is 1. The number of imidazole rings is 1. The minimum absolute atomic E-state index is 0.00925. The average Bonchev–Trinajstić information content (AvgIpc) is 3.28. The molecule has 0 saturated carbocycles. The van der Waals surface area contributed by atoms with E-state index in [9.17, 15) is 4.79 Å². The smallest absolute Gasteiger partial charge is 0.271 e. The fourth-order valence-corrected chi connectivity index (χ4v) is 3.01. The van der Waals surface area contributed by atoms with Crippen molar-refractivity contribution in [1.82, 2.24) is 25.1 Å². The van der Waals surface area contributed by atoms with Gasteiger partial charge in [-0.3, -0.25) is 4.79 Å². The van der Waals surface area contributed by atoms with E-state index < -0.39 is 0 Å². The van der Waals surface area contributed by atoms with E-state index in [1.807, 2.05) is 19.3 Å². The van der Waals surface area contributed by atoms with E-state index in [4.69, 9.17) is 4.74 Å². The van der Waals surface area contributed by atoms with E-state index in [-0.39, 0.29) is 12.0 Å². The Morgan fingerprint density at radius 3 is 2.96 bits per heavy atom. The molecule has 1 saturated heterocycles. The molecule has 0 radical (unpaired) electrons. The van der Waals surface area contributed by atoms with Crippen LogP contribution in [0.15, 0.2) is 24.5 Å². The van der Waals surface area contributed by atoms with E-state index in [0.29, 0.717) is 24.0 Å². The van der Waals surface area contributed by atoms with Crippen LogP contribution in [0.2, 0.25) is 0 Å². The number of nitrogens with one attached hydrogen (secondary N) is 2. The van der Waals surface area contributed by atoms with E-state index in [2.05, 4.69) is 37.3 Å². The minimum atomic E-state index is -0.211. The maximum atomic E-state index is 11.7. The fraction of sp³-hybridized carbons (Fsp3) is 0.529. The first-order chi connectivity index (χ1) is 12.2. The highest BCUT2D eigenvalue weighted by atomic mass is 16.5. The third-order valence-corrected chi connectivity index (χ3v) is 4.34. The van der Waals surface area contributed by atoms with Gasteiger partial charge in [-0.15, -0.1) is 10.2 Å². The minimum Gasteiger partial charge on any atom is -0.370 e. The summed E-state index contributed by atoms with van der Waals surface area (Å²) in [7, 11) is 0. The van der Waals surface area contributed by atoms with Gasteiger partial charge in [0, 0.05) is 44.6 Å². The first-order valence-corrected chi connectivity index (χ1v) is 8.71. The molecular formula is C17H24N6O2. The molecule has 2 atom stereocenters. The summed E-state index contributed by atoms with van der Waals surface area (Å²) in [5, 5.41) is 14.0. The monoisotopic (exact) mass is 344 g/mol. The van der Waals surface area contributed by atoms with Crippen LogP contribution in [0.1, 0.15) is 42.7 Å². The Balaban J connectivity index is 1.60. The van der Waals surface area contributed by atoms with Gasteiger partial charge in [0.2, 0.25) is 0 Å². The van der Waals surface area contributed by atoms with Crippen molar-refractivity contribution in [3.05, 3.63) is 36.0 Å². The molecule has 1 fully saturated rings. The van der Waals surface area contributed by atoms with Gasteiger partial charge in [-0.05, 0) is 32.4 Å². The molecule has 3 rings (SSSR count). The second kappa shape index (κ2) is 8.06. The van der Waals surface area contributed by atoms with Crippen LogP contribution < -0.4 is 10.6 Å². The molecular weight excluding hydrogens is 320 g/mol. The van der Waals surface area contributed by atoms with E-state index in [0.717, 1.165) is 31.9 Å². The zero-order valence-electron chi connectivity index (χ0n) is 14.6. The number of nitrogens with zero attached hydrogens (tertiary/aromatic N) is 4. The molecule has 25 heavy (non-hydrogen) atoms. The van der Waals surface area contributed by atoms with Crippen molar-refractivity contribution >= 4 is 11.7 Å². The second-order valence-corrected chi connectivity index (χ2v) is 5.96. The maximum absolute atomic E-state index is 11.7. The van der Waals surface area contributed by atoms with Gasteiger partial charge in [0.25, 0.3) is 5.91 Å². The van der Waals surface area contributed by atoms with Crippen molar-refractivity contribution in [2.45, 2.75) is 32.9 Å². The second-order valence-electron chi connectivity index (χ2n) is 5.96. The van der Waals surface area contributed by atoms with E-state index >= 15 is 0 Å². The fourth-order valence-electron chi connectivity index (χ4n) is 3.01. The summed E-state index contributed by atoms with van der Waals surface area (Å²) < 4.78 is 8.02. The molecule has 134 valence electrons. The summed E-state index contributed by atoms with van der Waals surface area (Å²) in [6.45, 7) is 6.86. The van der Waals surface area contributed by atoms with Crippen LogP contribution in [0.5, 0.6) is 0 Å². The number of carbonyl (C=O) groups excluding carboxylic acids is 1. The molecule has 2 aromatic heterocycles. The highest BCUT2D eigenvalue weighted by Gasteiger charge is 2.32. The first-order valence-electron chi connectivity index (χ1n) is 8.71. The predicted octanol–water partition coefficient (Wildman–Crippen LogP) is 1.63. The third kappa shape index (κ3) is 3.96. The molecule has 0 aliphatic carbocycles. The van der Waals surface area contributed by atoms with Gasteiger partial charge in [-0.2, -0.15) is 0 Å². The van der Waals surface area contributed by atoms with Crippen molar-refractivity contribution in [3.8, 4) is 0 Å². The van der Waals surface area contributed by atoms with Gasteiger partial charge >= 0.3 is 0 Å². The van der Waals surface area contributed by atoms with Gasteiger partial charge in [-0.25, -0.2) is 4.98 Å². The van der Waals surface area contributed by atoms with Crippen LogP contribution in [0.25, 0.3) is 0 Å². The molecule has 1 amide bonds. The molecule has 3 heterocycles. The lowest BCUT2D eigenvalue weighted by Gasteiger charge is -2.19. The molecule has 0 spiro atoms. The zero-order valence-corrected chi connectivity index (χ0v) is 14.6. The lowest BCUT2D eigenvalue weighted by molar-refractivity contribution is 0.0832. The molecule has 2 aromatic rings. The number of ether oxygens (including phenoxy) is 1. The number of aryl methyl sites for hydroxylation is 1. The predicted molar refractivity (Wildman–Crippen MR) is 93.2 cm³/mol. The number of hydrogen-bond acceptors (Lipinski definition) is 6. The Labute approximate surface area is 147 Å². The van der Waals surface area contributed by atoms with Crippen LogP contribution in [-0.4, -0.2) is 45.4 Å². The van der Waals surface area contributed by atoms with Crippen LogP contribution in [0, 0.1) is 5.92 Å². The third-order valence-electron chi connectivity index (χ3n) is 4.34. The molecule has 1 aliphatic heterocycles. The SMILES string of the molecule is CCNC(=O)c1ccc(NC[C@@H]2CCO[C@H]2c2nccn2CC)nn1. The van der Waals surface area contributed by atoms with Gasteiger partial charge in [0.15, 0.2) is 5.69 Å². The average molecular weight is 344 g/mol. The Hall–Kier alpha value is -2.48. The number of rotatable bonds is 7. The van der Waals surface area contributed by atoms with Crippen molar-refractivity contribution in [2.75, 3.05) is 25.0 Å². The quantitative estimate of drug-likeness (QED) is 0.793. The molecule has 0 bridgehead atoms. The summed E-state index contributed by atoms with van der Waals surface area (Å²) >= 11 is 0. The lowest BCUT2D eigenvalue weighted by atomic mass is 10.0. The summed E-state index contributed by atoms with van der Waals surface area (Å²) in [6, 6.07) is 3.45. The summed E-state index contributed by atoms with van der Waals surface area (Å²) in [6.07, 6.45) is 4.76. The van der Waals surface area contributed by atoms with Crippen molar-refractivity contribution in [3.63, 3.8) is 0 Å². The Bertz CT molecular complexity index is 699. The lowest BCUT2D eigenvalue weighted by Crippen LogP contribution is -2.24. The highest BCUT2D eigenvalue weighted by Crippen LogP contribution is 2.33. The summed E-state index contributed by atoms with van der Waals surface area (Å²) in [5.41, 5.74) is 0.319. The molecule has 8 nitrogen and oxygen atoms in total. The zero-order chi connectivity index (χ0) is 17.6. The summed E-state index contributed by atoms with van der Waals surface area (Å²) in [4.78, 5) is 16.2. The number of amides is 1. The maximum Gasteiger partial charge on any atom is 0.271 e. The standard InChI is InChI=1S/C17H24N6O2/c1-3-18-17(24)13-5-6-14(22-21-13)20-11-12-7-10-25-15(12)16-19-8-9-23(16)4-2/h5-6,8-9,12,15H,3-4,7,10-11H2,1-2H3,(H,18,24)(H,20,22)/t12-,15+/m0/s1. The van der Waals surface area contributed by atoms with Crippen LogP contribution in [0.3, 0.4) is 0 Å². The molecule has 0 unspecified atom stereocenters. The van der Waals surface area contributed by atoms with Gasteiger partial charge in [-0.1, -0.05) is 0 Å². The van der Waals surface area contributed by atoms with Crippen LogP contribution in [0.4, 0.5) is 5.82 Å². The number of hydrogen-bond donors (Lipinski definition) is 2. The largest absolute Gasteiger partial charge is 0.370 e. The number of carbonyl (C=O) groups is 1.